The molecule has 0 aliphatic carbocycles. The average molecular weight is 298 g/mol. The first-order valence-corrected chi connectivity index (χ1v) is 8.53. The van der Waals surface area contributed by atoms with Crippen LogP contribution in [0.25, 0.3) is 0 Å². The maximum Gasteiger partial charge on any atom is 0.239 e. The van der Waals surface area contributed by atoms with Crippen LogP contribution in [0.4, 0.5) is 0 Å². The number of aliphatic hydroxyl groups is 1. The minimum absolute atomic E-state index is 0.0507. The van der Waals surface area contributed by atoms with Crippen LogP contribution in [0.1, 0.15) is 66.2 Å². The molecule has 2 N–H and O–H groups in total. The molecule has 1 amide bonds. The third kappa shape index (κ3) is 7.28. The van der Waals surface area contributed by atoms with E-state index in [1.54, 1.807) is 0 Å². The van der Waals surface area contributed by atoms with E-state index in [-0.39, 0.29) is 18.1 Å². The highest BCUT2D eigenvalue weighted by molar-refractivity contribution is 5.82. The number of hydrogen-bond donors (Lipinski definition) is 2. The molecule has 0 bridgehead atoms. The number of rotatable bonds is 7. The highest BCUT2D eigenvalue weighted by Crippen LogP contribution is 2.22. The number of hydrogen-bond acceptors (Lipinski definition) is 3. The molecule has 1 saturated heterocycles. The van der Waals surface area contributed by atoms with E-state index in [2.05, 4.69) is 33.0 Å². The number of nitrogens with zero attached hydrogens (tertiary/aromatic N) is 1. The summed E-state index contributed by atoms with van der Waals surface area (Å²) in [7, 11) is 0. The van der Waals surface area contributed by atoms with Gasteiger partial charge < -0.3 is 15.3 Å². The molecule has 0 spiro atoms. The van der Waals surface area contributed by atoms with Crippen molar-refractivity contribution in [2.24, 2.45) is 5.41 Å². The summed E-state index contributed by atoms with van der Waals surface area (Å²) in [6, 6.07) is -0.0507. The van der Waals surface area contributed by atoms with Crippen molar-refractivity contribution >= 4 is 5.91 Å². The number of likely N-dealkylation sites (tertiary alicyclic amines) is 1. The van der Waals surface area contributed by atoms with Crippen LogP contribution in [0.15, 0.2) is 0 Å². The summed E-state index contributed by atoms with van der Waals surface area (Å²) in [4.78, 5) is 14.5. The third-order valence-corrected chi connectivity index (χ3v) is 4.19. The van der Waals surface area contributed by atoms with Gasteiger partial charge in [-0.3, -0.25) is 4.79 Å². The first kappa shape index (κ1) is 18.4. The van der Waals surface area contributed by atoms with Crippen molar-refractivity contribution in [3.63, 3.8) is 0 Å². The van der Waals surface area contributed by atoms with Crippen molar-refractivity contribution in [1.82, 2.24) is 10.2 Å². The molecule has 21 heavy (non-hydrogen) atoms. The van der Waals surface area contributed by atoms with Crippen LogP contribution in [0.5, 0.6) is 0 Å². The number of carbonyl (C=O) groups is 1. The molecule has 1 aliphatic rings. The van der Waals surface area contributed by atoms with Gasteiger partial charge in [0, 0.05) is 13.1 Å². The van der Waals surface area contributed by atoms with E-state index in [1.807, 2.05) is 4.90 Å². The Morgan fingerprint density at radius 3 is 2.43 bits per heavy atom. The van der Waals surface area contributed by atoms with Gasteiger partial charge in [-0.25, -0.2) is 0 Å². The molecule has 1 rings (SSSR count). The van der Waals surface area contributed by atoms with Crippen molar-refractivity contribution < 1.29 is 9.90 Å². The van der Waals surface area contributed by atoms with Gasteiger partial charge in [0.15, 0.2) is 0 Å². The van der Waals surface area contributed by atoms with Gasteiger partial charge in [-0.2, -0.15) is 0 Å². The van der Waals surface area contributed by atoms with E-state index >= 15 is 0 Å². The number of aliphatic hydroxyl groups excluding tert-OH is 1. The van der Waals surface area contributed by atoms with Crippen LogP contribution in [0, 0.1) is 5.41 Å². The maximum atomic E-state index is 12.6. The zero-order valence-electron chi connectivity index (χ0n) is 14.3. The largest absolute Gasteiger partial charge is 0.393 e. The van der Waals surface area contributed by atoms with Crippen LogP contribution in [-0.2, 0) is 4.79 Å². The van der Waals surface area contributed by atoms with Crippen LogP contribution in [0.3, 0.4) is 0 Å². The maximum absolute atomic E-state index is 12.6. The number of nitrogens with one attached hydrogen (secondary N) is 1. The Morgan fingerprint density at radius 1 is 1.29 bits per heavy atom. The fourth-order valence-electron chi connectivity index (χ4n) is 2.87. The van der Waals surface area contributed by atoms with Gasteiger partial charge in [0.2, 0.25) is 5.91 Å². The predicted molar refractivity (Wildman–Crippen MR) is 87.2 cm³/mol. The summed E-state index contributed by atoms with van der Waals surface area (Å²) in [6.07, 6.45) is 5.61. The minimum Gasteiger partial charge on any atom is -0.393 e. The van der Waals surface area contributed by atoms with E-state index in [0.29, 0.717) is 31.3 Å². The van der Waals surface area contributed by atoms with Crippen LogP contribution < -0.4 is 5.32 Å². The predicted octanol–water partition coefficient (Wildman–Crippen LogP) is 2.55. The molecule has 1 unspecified atom stereocenters. The van der Waals surface area contributed by atoms with Crippen molar-refractivity contribution in [3.05, 3.63) is 0 Å². The number of piperidine rings is 1. The van der Waals surface area contributed by atoms with Crippen molar-refractivity contribution in [2.45, 2.75) is 78.4 Å². The molecular formula is C17H34N2O2. The molecule has 124 valence electrons. The second-order valence-electron chi connectivity index (χ2n) is 7.47. The molecular weight excluding hydrogens is 264 g/mol. The molecule has 0 radical (unpaired) electrons. The number of likely N-dealkylation sites (N-methyl/N-ethyl adjacent to an activating group) is 1. The van der Waals surface area contributed by atoms with E-state index in [1.165, 1.54) is 12.8 Å². The Bertz CT molecular complexity index is 304. The summed E-state index contributed by atoms with van der Waals surface area (Å²) < 4.78 is 0. The first-order valence-electron chi connectivity index (χ1n) is 8.53. The van der Waals surface area contributed by atoms with Gasteiger partial charge in [0.05, 0.1) is 12.1 Å². The lowest BCUT2D eigenvalue weighted by atomic mass is 9.89. The standard InChI is InChI=1S/C17H34N2O2/c1-5-18-15(8-6-7-11-17(2,3)4)16(21)19-12-9-14(20)10-13-19/h14-15,18,20H,5-13H2,1-4H3. The summed E-state index contributed by atoms with van der Waals surface area (Å²) in [6.45, 7) is 11.1. The van der Waals surface area contributed by atoms with E-state index in [4.69, 9.17) is 0 Å². The van der Waals surface area contributed by atoms with Gasteiger partial charge in [-0.1, -0.05) is 40.5 Å². The quantitative estimate of drug-likeness (QED) is 0.710. The summed E-state index contributed by atoms with van der Waals surface area (Å²) in [5, 5.41) is 12.9. The lowest BCUT2D eigenvalue weighted by molar-refractivity contribution is -0.135. The van der Waals surface area contributed by atoms with Gasteiger partial charge in [0.25, 0.3) is 0 Å². The van der Waals surface area contributed by atoms with Crippen LogP contribution in [0.2, 0.25) is 0 Å². The molecule has 1 atom stereocenters. The molecule has 1 aliphatic heterocycles. The Balaban J connectivity index is 2.39. The monoisotopic (exact) mass is 298 g/mol. The fraction of sp³-hybridized carbons (Fsp3) is 0.941. The number of carbonyl (C=O) groups excluding carboxylic acids is 1. The van der Waals surface area contributed by atoms with Crippen molar-refractivity contribution in [3.8, 4) is 0 Å². The topological polar surface area (TPSA) is 52.6 Å². The summed E-state index contributed by atoms with van der Waals surface area (Å²) in [5.41, 5.74) is 0.376. The Labute approximate surface area is 130 Å². The van der Waals surface area contributed by atoms with E-state index < -0.39 is 0 Å². The first-order chi connectivity index (χ1) is 9.83. The Morgan fingerprint density at radius 2 is 1.90 bits per heavy atom. The Kier molecular flexibility index (Phi) is 7.67. The normalized spacial score (nSPS) is 18.8. The molecule has 0 saturated carbocycles. The lowest BCUT2D eigenvalue weighted by Crippen LogP contribution is -2.49. The van der Waals surface area contributed by atoms with E-state index in [9.17, 15) is 9.90 Å². The molecule has 4 nitrogen and oxygen atoms in total. The van der Waals surface area contributed by atoms with Gasteiger partial charge in [-0.15, -0.1) is 0 Å². The van der Waals surface area contributed by atoms with Gasteiger partial charge in [0.1, 0.15) is 0 Å². The number of unbranched alkanes of at least 4 members (excludes halogenated alkanes) is 1. The molecule has 0 aromatic rings. The minimum atomic E-state index is -0.224. The molecule has 0 aromatic carbocycles. The van der Waals surface area contributed by atoms with Crippen molar-refractivity contribution in [2.75, 3.05) is 19.6 Å². The van der Waals surface area contributed by atoms with Crippen LogP contribution >= 0.6 is 0 Å². The highest BCUT2D eigenvalue weighted by Gasteiger charge is 2.26. The molecule has 1 fully saturated rings. The Hall–Kier alpha value is -0.610. The zero-order valence-corrected chi connectivity index (χ0v) is 14.3. The second-order valence-corrected chi connectivity index (χ2v) is 7.47. The highest BCUT2D eigenvalue weighted by atomic mass is 16.3. The fourth-order valence-corrected chi connectivity index (χ4v) is 2.87. The zero-order chi connectivity index (χ0) is 15.9. The van der Waals surface area contributed by atoms with Crippen LogP contribution in [-0.4, -0.2) is 47.7 Å². The van der Waals surface area contributed by atoms with Crippen molar-refractivity contribution in [1.29, 1.82) is 0 Å². The second kappa shape index (κ2) is 8.74. The molecule has 1 heterocycles. The SMILES string of the molecule is CCNC(CCCCC(C)(C)C)C(=O)N1CCC(O)CC1. The lowest BCUT2D eigenvalue weighted by Gasteiger charge is -2.32. The van der Waals surface area contributed by atoms with Gasteiger partial charge in [-0.05, 0) is 37.6 Å². The molecule has 4 heteroatoms. The molecule has 0 aromatic heterocycles. The summed E-state index contributed by atoms with van der Waals surface area (Å²) >= 11 is 0. The smallest absolute Gasteiger partial charge is 0.239 e. The van der Waals surface area contributed by atoms with Gasteiger partial charge >= 0.3 is 0 Å². The third-order valence-electron chi connectivity index (χ3n) is 4.19. The summed E-state index contributed by atoms with van der Waals surface area (Å²) in [5.74, 6) is 0.222. The van der Waals surface area contributed by atoms with E-state index in [0.717, 1.165) is 19.4 Å². The number of amides is 1. The average Bonchev–Trinajstić information content (AvgIpc) is 2.41.